The van der Waals surface area contributed by atoms with Crippen LogP contribution in [0.5, 0.6) is 0 Å². The van der Waals surface area contributed by atoms with Gasteiger partial charge in [-0.3, -0.25) is 4.79 Å². The summed E-state index contributed by atoms with van der Waals surface area (Å²) in [6.45, 7) is 2.10. The number of aryl methyl sites for hydroxylation is 1. The molecule has 1 unspecified atom stereocenters. The number of benzene rings is 2. The minimum Gasteiger partial charge on any atom is -0.468 e. The van der Waals surface area contributed by atoms with Crippen molar-refractivity contribution in [2.24, 2.45) is 5.73 Å². The van der Waals surface area contributed by atoms with Gasteiger partial charge in [-0.25, -0.2) is 4.39 Å². The summed E-state index contributed by atoms with van der Waals surface area (Å²) < 4.78 is 17.9. The Kier molecular flexibility index (Phi) is 6.27. The van der Waals surface area contributed by atoms with Crippen molar-refractivity contribution in [3.63, 3.8) is 0 Å². The highest BCUT2D eigenvalue weighted by molar-refractivity contribution is 5.81. The SMILES string of the molecule is CCc1ccc(/C(=C\CC(N)C(=O)OC)c2ccc(F)cc2)cc1. The van der Waals surface area contributed by atoms with E-state index in [2.05, 4.69) is 23.8 Å². The zero-order valence-corrected chi connectivity index (χ0v) is 14.0. The highest BCUT2D eigenvalue weighted by Gasteiger charge is 2.13. The number of nitrogens with two attached hydrogens (primary N) is 1. The van der Waals surface area contributed by atoms with Gasteiger partial charge in [-0.2, -0.15) is 0 Å². The summed E-state index contributed by atoms with van der Waals surface area (Å²) >= 11 is 0. The topological polar surface area (TPSA) is 52.3 Å². The number of hydrogen-bond acceptors (Lipinski definition) is 3. The molecule has 0 radical (unpaired) electrons. The minimum atomic E-state index is -0.722. The Morgan fingerprint density at radius 3 is 2.17 bits per heavy atom. The average molecular weight is 327 g/mol. The number of methoxy groups -OCH3 is 1. The van der Waals surface area contributed by atoms with E-state index in [1.54, 1.807) is 12.1 Å². The number of esters is 1. The third-order valence-electron chi connectivity index (χ3n) is 3.91. The van der Waals surface area contributed by atoms with E-state index in [0.29, 0.717) is 6.42 Å². The lowest BCUT2D eigenvalue weighted by Gasteiger charge is -2.12. The van der Waals surface area contributed by atoms with Crippen LogP contribution in [0.4, 0.5) is 4.39 Å². The summed E-state index contributed by atoms with van der Waals surface area (Å²) in [5.74, 6) is -0.739. The predicted octanol–water partition coefficient (Wildman–Crippen LogP) is 3.71. The summed E-state index contributed by atoms with van der Waals surface area (Å²) in [6, 6.07) is 13.7. The van der Waals surface area contributed by atoms with Crippen LogP contribution in [0.3, 0.4) is 0 Å². The lowest BCUT2D eigenvalue weighted by atomic mass is 9.95. The van der Waals surface area contributed by atoms with Gasteiger partial charge in [0.05, 0.1) is 7.11 Å². The molecule has 0 aliphatic rings. The van der Waals surface area contributed by atoms with Gasteiger partial charge >= 0.3 is 5.97 Å². The number of carbonyl (C=O) groups excluding carboxylic acids is 1. The van der Waals surface area contributed by atoms with Crippen molar-refractivity contribution in [1.82, 2.24) is 0 Å². The smallest absolute Gasteiger partial charge is 0.322 e. The van der Waals surface area contributed by atoms with Gasteiger partial charge in [0.2, 0.25) is 0 Å². The van der Waals surface area contributed by atoms with Crippen LogP contribution in [0.25, 0.3) is 5.57 Å². The summed E-state index contributed by atoms with van der Waals surface area (Å²) in [4.78, 5) is 11.5. The third-order valence-corrected chi connectivity index (χ3v) is 3.91. The first kappa shape index (κ1) is 17.9. The number of rotatable bonds is 6. The molecule has 0 saturated carbocycles. The monoisotopic (exact) mass is 327 g/mol. The van der Waals surface area contributed by atoms with E-state index in [-0.39, 0.29) is 5.82 Å². The Bertz CT molecular complexity index is 705. The molecule has 2 aromatic carbocycles. The van der Waals surface area contributed by atoms with E-state index in [0.717, 1.165) is 23.1 Å². The molecule has 2 N–H and O–H groups in total. The molecular formula is C20H22FNO2. The van der Waals surface area contributed by atoms with Gasteiger partial charge in [0.1, 0.15) is 11.9 Å². The van der Waals surface area contributed by atoms with Crippen LogP contribution in [0, 0.1) is 5.82 Å². The number of carbonyl (C=O) groups is 1. The summed E-state index contributed by atoms with van der Waals surface area (Å²) in [7, 11) is 1.32. The van der Waals surface area contributed by atoms with Crippen LogP contribution in [0.15, 0.2) is 54.6 Å². The summed E-state index contributed by atoms with van der Waals surface area (Å²) in [6.07, 6.45) is 3.20. The summed E-state index contributed by atoms with van der Waals surface area (Å²) in [5, 5.41) is 0. The molecule has 0 spiro atoms. The van der Waals surface area contributed by atoms with Crippen LogP contribution in [-0.4, -0.2) is 19.1 Å². The van der Waals surface area contributed by atoms with Gasteiger partial charge in [0.15, 0.2) is 0 Å². The second kappa shape index (κ2) is 8.41. The van der Waals surface area contributed by atoms with Crippen LogP contribution in [-0.2, 0) is 16.0 Å². The highest BCUT2D eigenvalue weighted by atomic mass is 19.1. The minimum absolute atomic E-state index is 0.286. The fraction of sp³-hybridized carbons (Fsp3) is 0.250. The fourth-order valence-corrected chi connectivity index (χ4v) is 2.44. The van der Waals surface area contributed by atoms with Gasteiger partial charge in [0, 0.05) is 0 Å². The van der Waals surface area contributed by atoms with E-state index < -0.39 is 12.0 Å². The molecule has 0 aliphatic heterocycles. The Labute approximate surface area is 141 Å². The van der Waals surface area contributed by atoms with E-state index in [4.69, 9.17) is 5.73 Å². The maximum absolute atomic E-state index is 13.2. The molecule has 2 rings (SSSR count). The maximum Gasteiger partial charge on any atom is 0.322 e. The van der Waals surface area contributed by atoms with Gasteiger partial charge in [-0.05, 0) is 47.2 Å². The molecule has 4 heteroatoms. The fourth-order valence-electron chi connectivity index (χ4n) is 2.44. The molecule has 2 aromatic rings. The number of ether oxygens (including phenoxy) is 1. The van der Waals surface area contributed by atoms with Crippen molar-refractivity contribution in [2.45, 2.75) is 25.8 Å². The second-order valence-electron chi connectivity index (χ2n) is 5.54. The Hall–Kier alpha value is -2.46. The molecule has 0 bridgehead atoms. The largest absolute Gasteiger partial charge is 0.468 e. The Balaban J connectivity index is 2.36. The Morgan fingerprint density at radius 1 is 1.12 bits per heavy atom. The molecule has 1 atom stereocenters. The third kappa shape index (κ3) is 4.52. The Morgan fingerprint density at radius 2 is 1.67 bits per heavy atom. The highest BCUT2D eigenvalue weighted by Crippen LogP contribution is 2.25. The van der Waals surface area contributed by atoms with Gasteiger partial charge in [0.25, 0.3) is 0 Å². The van der Waals surface area contributed by atoms with E-state index in [1.807, 2.05) is 18.2 Å². The molecular weight excluding hydrogens is 305 g/mol. The van der Waals surface area contributed by atoms with E-state index >= 15 is 0 Å². The van der Waals surface area contributed by atoms with E-state index in [1.165, 1.54) is 24.8 Å². The lowest BCUT2D eigenvalue weighted by molar-refractivity contribution is -0.142. The molecule has 0 heterocycles. The molecule has 3 nitrogen and oxygen atoms in total. The standard InChI is InChI=1S/C20H22FNO2/c1-3-14-4-6-15(7-5-14)18(12-13-19(22)20(23)24-2)16-8-10-17(21)11-9-16/h4-12,19H,3,13,22H2,1-2H3/b18-12+. The molecule has 0 amide bonds. The first-order valence-corrected chi connectivity index (χ1v) is 7.94. The van der Waals surface area contributed by atoms with Crippen molar-refractivity contribution in [3.8, 4) is 0 Å². The lowest BCUT2D eigenvalue weighted by Crippen LogP contribution is -2.30. The molecule has 0 aliphatic carbocycles. The number of hydrogen-bond donors (Lipinski definition) is 1. The van der Waals surface area contributed by atoms with Crippen molar-refractivity contribution in [2.75, 3.05) is 7.11 Å². The zero-order chi connectivity index (χ0) is 17.5. The first-order valence-electron chi connectivity index (χ1n) is 7.94. The van der Waals surface area contributed by atoms with Gasteiger partial charge in [-0.15, -0.1) is 0 Å². The predicted molar refractivity (Wildman–Crippen MR) is 93.9 cm³/mol. The average Bonchev–Trinajstić information content (AvgIpc) is 2.62. The van der Waals surface area contributed by atoms with Crippen molar-refractivity contribution in [1.29, 1.82) is 0 Å². The van der Waals surface area contributed by atoms with Crippen molar-refractivity contribution < 1.29 is 13.9 Å². The molecule has 0 saturated heterocycles. The molecule has 0 fully saturated rings. The second-order valence-corrected chi connectivity index (χ2v) is 5.54. The normalized spacial score (nSPS) is 12.8. The zero-order valence-electron chi connectivity index (χ0n) is 14.0. The molecule has 24 heavy (non-hydrogen) atoms. The maximum atomic E-state index is 13.2. The van der Waals surface area contributed by atoms with Crippen LogP contribution >= 0.6 is 0 Å². The molecule has 0 aromatic heterocycles. The first-order chi connectivity index (χ1) is 11.5. The molecule has 126 valence electrons. The summed E-state index contributed by atoms with van der Waals surface area (Å²) in [5.41, 5.74) is 9.85. The number of halogens is 1. The quantitative estimate of drug-likeness (QED) is 0.823. The van der Waals surface area contributed by atoms with Crippen molar-refractivity contribution in [3.05, 3.63) is 77.1 Å². The van der Waals surface area contributed by atoms with E-state index in [9.17, 15) is 9.18 Å². The van der Waals surface area contributed by atoms with Crippen LogP contribution < -0.4 is 5.73 Å². The van der Waals surface area contributed by atoms with Gasteiger partial charge in [-0.1, -0.05) is 49.4 Å². The van der Waals surface area contributed by atoms with Crippen LogP contribution in [0.1, 0.15) is 30.0 Å². The van der Waals surface area contributed by atoms with Crippen molar-refractivity contribution >= 4 is 11.5 Å². The van der Waals surface area contributed by atoms with Crippen LogP contribution in [0.2, 0.25) is 0 Å². The van der Waals surface area contributed by atoms with Gasteiger partial charge < -0.3 is 10.5 Å².